The molecule has 0 atom stereocenters. The summed E-state index contributed by atoms with van der Waals surface area (Å²) >= 11 is 0. The molecule has 2 rings (SSSR count). The third kappa shape index (κ3) is 6.42. The molecule has 2 amide bonds. The number of nitrogens with zero attached hydrogens (tertiary/aromatic N) is 1. The van der Waals surface area contributed by atoms with Crippen LogP contribution in [0.4, 0.5) is 11.4 Å². The summed E-state index contributed by atoms with van der Waals surface area (Å²) in [6, 6.07) is 14.5. The van der Waals surface area contributed by atoms with E-state index in [1.165, 1.54) is 0 Å². The van der Waals surface area contributed by atoms with Crippen LogP contribution in [-0.2, 0) is 9.59 Å². The molecule has 0 fully saturated rings. The molecule has 0 spiro atoms. The summed E-state index contributed by atoms with van der Waals surface area (Å²) in [7, 11) is 3.66. The second kappa shape index (κ2) is 8.68. The maximum absolute atomic E-state index is 12.6. The van der Waals surface area contributed by atoms with E-state index in [9.17, 15) is 9.59 Å². The van der Waals surface area contributed by atoms with E-state index in [0.717, 1.165) is 5.56 Å². The highest BCUT2D eigenvalue weighted by molar-refractivity contribution is 5.97. The van der Waals surface area contributed by atoms with Crippen molar-refractivity contribution in [2.24, 2.45) is 0 Å². The summed E-state index contributed by atoms with van der Waals surface area (Å²) in [5.74, 6) is 0.289. The minimum Gasteiger partial charge on any atom is -0.478 e. The predicted molar refractivity (Wildman–Crippen MR) is 108 cm³/mol. The highest BCUT2D eigenvalue weighted by atomic mass is 16.5. The minimum absolute atomic E-state index is 0.0931. The average Bonchev–Trinajstić information content (AvgIpc) is 2.57. The Labute approximate surface area is 160 Å². The van der Waals surface area contributed by atoms with Gasteiger partial charge in [-0.25, -0.2) is 0 Å². The van der Waals surface area contributed by atoms with Gasteiger partial charge in [0.05, 0.1) is 6.54 Å². The number of hydrogen-bond acceptors (Lipinski definition) is 4. The average molecular weight is 369 g/mol. The van der Waals surface area contributed by atoms with Crippen molar-refractivity contribution >= 4 is 23.2 Å². The summed E-state index contributed by atoms with van der Waals surface area (Å²) in [5.41, 5.74) is 1.40. The SMILES string of the molecule is Cc1ccc(OC(C)(C)C(=O)Nc2ccc(NC(=O)CN(C)C)cc2)cc1. The Morgan fingerprint density at radius 2 is 1.44 bits per heavy atom. The highest BCUT2D eigenvalue weighted by Gasteiger charge is 2.30. The van der Waals surface area contributed by atoms with Gasteiger partial charge in [-0.05, 0) is 71.3 Å². The van der Waals surface area contributed by atoms with E-state index in [1.54, 1.807) is 43.0 Å². The molecule has 0 unspecified atom stereocenters. The van der Waals surface area contributed by atoms with Crippen molar-refractivity contribution in [3.8, 4) is 5.75 Å². The highest BCUT2D eigenvalue weighted by Crippen LogP contribution is 2.21. The zero-order valence-electron chi connectivity index (χ0n) is 16.5. The number of anilines is 2. The zero-order chi connectivity index (χ0) is 20.0. The van der Waals surface area contributed by atoms with Crippen LogP contribution < -0.4 is 15.4 Å². The van der Waals surface area contributed by atoms with Crippen LogP contribution in [0.25, 0.3) is 0 Å². The third-order valence-corrected chi connectivity index (χ3v) is 3.83. The fraction of sp³-hybridized carbons (Fsp3) is 0.333. The van der Waals surface area contributed by atoms with Crippen molar-refractivity contribution in [2.75, 3.05) is 31.3 Å². The van der Waals surface area contributed by atoms with Gasteiger partial charge < -0.3 is 20.3 Å². The molecule has 0 aromatic heterocycles. The Bertz CT molecular complexity index is 781. The second-order valence-electron chi connectivity index (χ2n) is 7.24. The van der Waals surface area contributed by atoms with Crippen molar-refractivity contribution in [3.05, 3.63) is 54.1 Å². The Morgan fingerprint density at radius 1 is 0.926 bits per heavy atom. The van der Waals surface area contributed by atoms with Crippen molar-refractivity contribution < 1.29 is 14.3 Å². The van der Waals surface area contributed by atoms with Crippen LogP contribution in [0.3, 0.4) is 0 Å². The van der Waals surface area contributed by atoms with Gasteiger partial charge in [0, 0.05) is 11.4 Å². The van der Waals surface area contributed by atoms with E-state index in [1.807, 2.05) is 45.3 Å². The van der Waals surface area contributed by atoms with Crippen molar-refractivity contribution in [1.82, 2.24) is 4.90 Å². The molecule has 144 valence electrons. The molecular weight excluding hydrogens is 342 g/mol. The van der Waals surface area contributed by atoms with Crippen LogP contribution in [0, 0.1) is 6.92 Å². The Hall–Kier alpha value is -2.86. The first-order chi connectivity index (χ1) is 12.7. The topological polar surface area (TPSA) is 70.7 Å². The molecule has 6 nitrogen and oxygen atoms in total. The normalized spacial score (nSPS) is 11.2. The number of likely N-dealkylation sites (N-methyl/N-ethyl adjacent to an activating group) is 1. The number of nitrogens with one attached hydrogen (secondary N) is 2. The fourth-order valence-electron chi connectivity index (χ4n) is 2.35. The maximum atomic E-state index is 12.6. The van der Waals surface area contributed by atoms with Crippen LogP contribution >= 0.6 is 0 Å². The fourth-order valence-corrected chi connectivity index (χ4v) is 2.35. The quantitative estimate of drug-likeness (QED) is 0.786. The van der Waals surface area contributed by atoms with Gasteiger partial charge in [0.15, 0.2) is 5.60 Å². The lowest BCUT2D eigenvalue weighted by atomic mass is 10.1. The Balaban J connectivity index is 1.95. The minimum atomic E-state index is -1.03. The van der Waals surface area contributed by atoms with Crippen LogP contribution in [0.15, 0.2) is 48.5 Å². The lowest BCUT2D eigenvalue weighted by Gasteiger charge is -2.25. The molecule has 0 aliphatic rings. The molecule has 0 saturated carbocycles. The molecule has 0 bridgehead atoms. The second-order valence-corrected chi connectivity index (χ2v) is 7.24. The molecule has 0 radical (unpaired) electrons. The van der Waals surface area contributed by atoms with Gasteiger partial charge >= 0.3 is 0 Å². The number of carbonyl (C=O) groups excluding carboxylic acids is 2. The molecule has 0 aliphatic heterocycles. The summed E-state index contributed by atoms with van der Waals surface area (Å²) in [5, 5.41) is 5.64. The number of hydrogen-bond donors (Lipinski definition) is 2. The smallest absolute Gasteiger partial charge is 0.267 e. The van der Waals surface area contributed by atoms with Crippen LogP contribution in [0.1, 0.15) is 19.4 Å². The molecule has 0 saturated heterocycles. The van der Waals surface area contributed by atoms with Crippen molar-refractivity contribution in [3.63, 3.8) is 0 Å². The Kier molecular flexibility index (Phi) is 6.58. The van der Waals surface area contributed by atoms with E-state index in [-0.39, 0.29) is 11.8 Å². The Morgan fingerprint density at radius 3 is 1.96 bits per heavy atom. The summed E-state index contributed by atoms with van der Waals surface area (Å²) in [4.78, 5) is 26.1. The molecule has 2 aromatic rings. The summed E-state index contributed by atoms with van der Waals surface area (Å²) in [6.07, 6.45) is 0. The first-order valence-electron chi connectivity index (χ1n) is 8.77. The van der Waals surface area contributed by atoms with E-state index in [0.29, 0.717) is 23.7 Å². The van der Waals surface area contributed by atoms with Gasteiger partial charge in [-0.1, -0.05) is 17.7 Å². The van der Waals surface area contributed by atoms with Gasteiger partial charge in [-0.2, -0.15) is 0 Å². The molecule has 27 heavy (non-hydrogen) atoms. The first-order valence-corrected chi connectivity index (χ1v) is 8.77. The van der Waals surface area contributed by atoms with E-state index >= 15 is 0 Å². The number of rotatable bonds is 7. The van der Waals surface area contributed by atoms with E-state index in [4.69, 9.17) is 4.74 Å². The van der Waals surface area contributed by atoms with Gasteiger partial charge in [0.1, 0.15) is 5.75 Å². The number of ether oxygens (including phenoxy) is 1. The zero-order valence-corrected chi connectivity index (χ0v) is 16.5. The standard InChI is InChI=1S/C21H27N3O3/c1-15-6-12-18(13-7-15)27-21(2,3)20(26)23-17-10-8-16(9-11-17)22-19(25)14-24(4)5/h6-13H,14H2,1-5H3,(H,22,25)(H,23,26). The van der Waals surface area contributed by atoms with E-state index < -0.39 is 5.60 Å². The van der Waals surface area contributed by atoms with Gasteiger partial charge in [-0.15, -0.1) is 0 Å². The predicted octanol–water partition coefficient (Wildman–Crippen LogP) is 3.29. The number of benzene rings is 2. The van der Waals surface area contributed by atoms with Gasteiger partial charge in [0.25, 0.3) is 5.91 Å². The van der Waals surface area contributed by atoms with E-state index in [2.05, 4.69) is 10.6 Å². The number of aryl methyl sites for hydroxylation is 1. The lowest BCUT2D eigenvalue weighted by molar-refractivity contribution is -0.128. The number of amides is 2. The van der Waals surface area contributed by atoms with Crippen molar-refractivity contribution in [2.45, 2.75) is 26.4 Å². The monoisotopic (exact) mass is 369 g/mol. The van der Waals surface area contributed by atoms with Gasteiger partial charge in [-0.3, -0.25) is 9.59 Å². The summed E-state index contributed by atoms with van der Waals surface area (Å²) < 4.78 is 5.83. The molecular formula is C21H27N3O3. The first kappa shape index (κ1) is 20.5. The molecule has 2 aromatic carbocycles. The van der Waals surface area contributed by atoms with Gasteiger partial charge in [0.2, 0.25) is 5.91 Å². The molecule has 0 aliphatic carbocycles. The van der Waals surface area contributed by atoms with Crippen molar-refractivity contribution in [1.29, 1.82) is 0 Å². The maximum Gasteiger partial charge on any atom is 0.267 e. The molecule has 0 heterocycles. The number of carbonyl (C=O) groups is 2. The lowest BCUT2D eigenvalue weighted by Crippen LogP contribution is -2.42. The molecule has 6 heteroatoms. The van der Waals surface area contributed by atoms with Crippen LogP contribution in [0.5, 0.6) is 5.75 Å². The van der Waals surface area contributed by atoms with Crippen LogP contribution in [-0.4, -0.2) is 43.0 Å². The summed E-state index contributed by atoms with van der Waals surface area (Å²) in [6.45, 7) is 5.74. The largest absolute Gasteiger partial charge is 0.478 e. The molecule has 2 N–H and O–H groups in total. The van der Waals surface area contributed by atoms with Crippen LogP contribution in [0.2, 0.25) is 0 Å². The third-order valence-electron chi connectivity index (χ3n) is 3.83.